The maximum Gasteiger partial charge on any atom is 0.357 e. The number of rotatable bonds is 6. The van der Waals surface area contributed by atoms with Crippen molar-refractivity contribution < 1.29 is 18.7 Å². The molecule has 0 fully saturated rings. The summed E-state index contributed by atoms with van der Waals surface area (Å²) in [6, 6.07) is 3.60. The minimum Gasteiger partial charge on any atom is -0.464 e. The van der Waals surface area contributed by atoms with Crippen molar-refractivity contribution in [2.24, 2.45) is 0 Å². The molecule has 1 aromatic carbocycles. The van der Waals surface area contributed by atoms with Crippen LogP contribution in [0.15, 0.2) is 23.6 Å². The van der Waals surface area contributed by atoms with Gasteiger partial charge in [0, 0.05) is 17.6 Å². The largest absolute Gasteiger partial charge is 0.464 e. The van der Waals surface area contributed by atoms with Crippen LogP contribution < -0.4 is 5.32 Å². The quantitative estimate of drug-likeness (QED) is 0.757. The lowest BCUT2D eigenvalue weighted by Gasteiger charge is -2.21. The third-order valence-corrected chi connectivity index (χ3v) is 4.35. The van der Waals surface area contributed by atoms with Crippen molar-refractivity contribution in [3.63, 3.8) is 0 Å². The van der Waals surface area contributed by atoms with Crippen LogP contribution in [-0.2, 0) is 11.3 Å². The Labute approximate surface area is 153 Å². The number of anilines is 1. The van der Waals surface area contributed by atoms with Crippen LogP contribution in [0.4, 0.5) is 14.9 Å². The maximum absolute atomic E-state index is 13.2. The number of carbonyl (C=O) groups excluding carboxylic acids is 2. The van der Waals surface area contributed by atoms with Crippen molar-refractivity contribution in [2.75, 3.05) is 19.0 Å². The maximum atomic E-state index is 13.2. The number of aromatic nitrogens is 1. The molecule has 134 valence electrons. The first-order valence-electron chi connectivity index (χ1n) is 7.48. The van der Waals surface area contributed by atoms with Crippen molar-refractivity contribution in [1.82, 2.24) is 9.88 Å². The third kappa shape index (κ3) is 5.14. The second-order valence-corrected chi connectivity index (χ2v) is 6.45. The van der Waals surface area contributed by atoms with Crippen LogP contribution in [0.1, 0.15) is 28.8 Å². The number of esters is 1. The van der Waals surface area contributed by atoms with Gasteiger partial charge in [-0.15, -0.1) is 11.3 Å². The number of methoxy groups -OCH3 is 1. The highest BCUT2D eigenvalue weighted by Gasteiger charge is 2.17. The van der Waals surface area contributed by atoms with E-state index in [1.807, 2.05) is 6.92 Å². The van der Waals surface area contributed by atoms with E-state index >= 15 is 0 Å². The highest BCUT2D eigenvalue weighted by molar-refractivity contribution is 7.09. The first kappa shape index (κ1) is 19.1. The molecule has 0 saturated carbocycles. The number of hydrogen-bond acceptors (Lipinski definition) is 5. The molecule has 2 aromatic rings. The zero-order chi connectivity index (χ0) is 18.4. The highest BCUT2D eigenvalue weighted by Crippen LogP contribution is 2.20. The Morgan fingerprint density at radius 3 is 2.84 bits per heavy atom. The summed E-state index contributed by atoms with van der Waals surface area (Å²) in [5.74, 6) is -1.07. The van der Waals surface area contributed by atoms with Crippen LogP contribution in [0.25, 0.3) is 0 Å². The lowest BCUT2D eigenvalue weighted by molar-refractivity contribution is 0.0594. The van der Waals surface area contributed by atoms with Gasteiger partial charge in [-0.25, -0.2) is 19.0 Å². The number of nitrogens with one attached hydrogen (secondary N) is 1. The van der Waals surface area contributed by atoms with Gasteiger partial charge in [-0.2, -0.15) is 0 Å². The van der Waals surface area contributed by atoms with E-state index < -0.39 is 11.8 Å². The third-order valence-electron chi connectivity index (χ3n) is 3.22. The highest BCUT2D eigenvalue weighted by atomic mass is 35.5. The Morgan fingerprint density at radius 1 is 1.44 bits per heavy atom. The number of ether oxygens (including phenoxy) is 1. The van der Waals surface area contributed by atoms with Crippen LogP contribution in [0.2, 0.25) is 5.02 Å². The Kier molecular flexibility index (Phi) is 6.72. The lowest BCUT2D eigenvalue weighted by atomic mass is 10.3. The predicted octanol–water partition coefficient (Wildman–Crippen LogP) is 4.17. The van der Waals surface area contributed by atoms with Crippen LogP contribution in [-0.4, -0.2) is 35.5 Å². The molecule has 0 radical (unpaired) electrons. The summed E-state index contributed by atoms with van der Waals surface area (Å²) in [5, 5.41) is 4.81. The Bertz CT molecular complexity index is 769. The van der Waals surface area contributed by atoms with Gasteiger partial charge in [-0.3, -0.25) is 0 Å². The molecule has 0 atom stereocenters. The number of nitrogens with zero attached hydrogens (tertiary/aromatic N) is 2. The van der Waals surface area contributed by atoms with Crippen molar-refractivity contribution in [3.8, 4) is 0 Å². The van der Waals surface area contributed by atoms with Crippen molar-refractivity contribution >= 4 is 40.6 Å². The molecule has 9 heteroatoms. The van der Waals surface area contributed by atoms with Crippen LogP contribution in [0, 0.1) is 5.82 Å². The molecule has 1 N–H and O–H groups in total. The minimum absolute atomic E-state index is 0.0671. The first-order chi connectivity index (χ1) is 11.9. The Morgan fingerprint density at radius 2 is 2.20 bits per heavy atom. The molecule has 0 spiro atoms. The monoisotopic (exact) mass is 385 g/mol. The molecule has 0 bridgehead atoms. The molecule has 1 heterocycles. The Hall–Kier alpha value is -2.19. The summed E-state index contributed by atoms with van der Waals surface area (Å²) < 4.78 is 17.8. The summed E-state index contributed by atoms with van der Waals surface area (Å²) in [7, 11) is 1.28. The predicted molar refractivity (Wildman–Crippen MR) is 94.6 cm³/mol. The smallest absolute Gasteiger partial charge is 0.357 e. The fraction of sp³-hybridized carbons (Fsp3) is 0.312. The standard InChI is InChI=1S/C16H17ClFN3O3S/c1-3-6-21(8-14-20-13(9-25-14)15(22)24-2)16(23)19-10-4-5-12(18)11(17)7-10/h4-5,7,9H,3,6,8H2,1-2H3,(H,19,23). The summed E-state index contributed by atoms with van der Waals surface area (Å²) in [4.78, 5) is 29.6. The van der Waals surface area contributed by atoms with Gasteiger partial charge in [0.15, 0.2) is 5.69 Å². The van der Waals surface area contributed by atoms with Crippen LogP contribution in [0.3, 0.4) is 0 Å². The summed E-state index contributed by atoms with van der Waals surface area (Å²) in [6.07, 6.45) is 0.743. The summed E-state index contributed by atoms with van der Waals surface area (Å²) in [5.41, 5.74) is 0.608. The van der Waals surface area contributed by atoms with E-state index in [9.17, 15) is 14.0 Å². The second kappa shape index (κ2) is 8.77. The van der Waals surface area contributed by atoms with Crippen LogP contribution >= 0.6 is 22.9 Å². The molecule has 0 aliphatic carbocycles. The number of hydrogen-bond donors (Lipinski definition) is 1. The van der Waals surface area contributed by atoms with Gasteiger partial charge in [-0.1, -0.05) is 18.5 Å². The molecular weight excluding hydrogens is 369 g/mol. The molecule has 2 amide bonds. The molecule has 1 aromatic heterocycles. The Balaban J connectivity index is 2.08. The molecule has 2 rings (SSSR count). The van der Waals surface area contributed by atoms with Gasteiger partial charge < -0.3 is 15.0 Å². The van der Waals surface area contributed by atoms with Crippen molar-refractivity contribution in [2.45, 2.75) is 19.9 Å². The van der Waals surface area contributed by atoms with Gasteiger partial charge >= 0.3 is 12.0 Å². The molecule has 0 aliphatic rings. The van der Waals surface area contributed by atoms with E-state index in [0.29, 0.717) is 17.2 Å². The number of thiazole rings is 1. The van der Waals surface area contributed by atoms with E-state index in [1.165, 1.54) is 36.6 Å². The topological polar surface area (TPSA) is 71.5 Å². The number of amides is 2. The van der Waals surface area contributed by atoms with E-state index in [0.717, 1.165) is 6.42 Å². The molecular formula is C16H17ClFN3O3S. The zero-order valence-corrected chi connectivity index (χ0v) is 15.3. The number of carbonyl (C=O) groups is 2. The summed E-state index contributed by atoms with van der Waals surface area (Å²) >= 11 is 6.99. The molecule has 0 unspecified atom stereocenters. The fourth-order valence-corrected chi connectivity index (χ4v) is 3.00. The SMILES string of the molecule is CCCN(Cc1nc(C(=O)OC)cs1)C(=O)Nc1ccc(F)c(Cl)c1. The van der Waals surface area contributed by atoms with E-state index in [2.05, 4.69) is 15.0 Å². The molecule has 0 saturated heterocycles. The summed E-state index contributed by atoms with van der Waals surface area (Å²) in [6.45, 7) is 2.68. The van der Waals surface area contributed by atoms with E-state index in [-0.39, 0.29) is 23.3 Å². The number of benzene rings is 1. The first-order valence-corrected chi connectivity index (χ1v) is 8.74. The average Bonchev–Trinajstić information content (AvgIpc) is 3.05. The normalized spacial score (nSPS) is 10.4. The lowest BCUT2D eigenvalue weighted by Crippen LogP contribution is -2.35. The van der Waals surface area contributed by atoms with Gasteiger partial charge in [0.1, 0.15) is 10.8 Å². The van der Waals surface area contributed by atoms with Crippen molar-refractivity contribution in [3.05, 3.63) is 45.1 Å². The number of urea groups is 1. The van der Waals surface area contributed by atoms with Gasteiger partial charge in [0.05, 0.1) is 18.7 Å². The zero-order valence-electron chi connectivity index (χ0n) is 13.7. The van der Waals surface area contributed by atoms with E-state index in [4.69, 9.17) is 11.6 Å². The molecule has 0 aliphatic heterocycles. The second-order valence-electron chi connectivity index (χ2n) is 5.10. The van der Waals surface area contributed by atoms with Gasteiger partial charge in [0.2, 0.25) is 0 Å². The van der Waals surface area contributed by atoms with Crippen molar-refractivity contribution in [1.29, 1.82) is 0 Å². The fourth-order valence-electron chi connectivity index (χ4n) is 2.04. The minimum atomic E-state index is -0.553. The van der Waals surface area contributed by atoms with Gasteiger partial charge in [0.25, 0.3) is 0 Å². The molecule has 6 nitrogen and oxygen atoms in total. The average molecular weight is 386 g/mol. The van der Waals surface area contributed by atoms with E-state index in [1.54, 1.807) is 10.3 Å². The molecule has 25 heavy (non-hydrogen) atoms. The van der Waals surface area contributed by atoms with Crippen LogP contribution in [0.5, 0.6) is 0 Å². The number of halogens is 2. The van der Waals surface area contributed by atoms with Gasteiger partial charge in [-0.05, 0) is 24.6 Å².